The molecule has 1 aromatic heterocycles. The van der Waals surface area contributed by atoms with Gasteiger partial charge in [0.1, 0.15) is 11.7 Å². The first kappa shape index (κ1) is 17.6. The molecule has 4 heteroatoms. The van der Waals surface area contributed by atoms with Crippen LogP contribution in [0.2, 0.25) is 0 Å². The number of nitriles is 1. The van der Waals surface area contributed by atoms with Crippen molar-refractivity contribution in [2.45, 2.75) is 33.6 Å². The van der Waals surface area contributed by atoms with Crippen molar-refractivity contribution in [1.29, 1.82) is 5.26 Å². The van der Waals surface area contributed by atoms with Gasteiger partial charge in [-0.3, -0.25) is 9.56 Å². The smallest absolute Gasteiger partial charge is 0.133 e. The Hall–Kier alpha value is -2.41. The Morgan fingerprint density at radius 3 is 2.59 bits per heavy atom. The standard InChI is InChI=1S/C18H24N4/c1-7-8-9-16-15(5)22(18(21-16)13(2)3)17(20-6)11-10-14(4)12-19/h7-11,13-14H,5H2,1-4,6H3/b8-7-,11-10-,16-9+,20-17?. The van der Waals surface area contributed by atoms with Gasteiger partial charge in [0, 0.05) is 13.0 Å². The molecule has 0 aliphatic rings. The fourth-order valence-corrected chi connectivity index (χ4v) is 1.98. The van der Waals surface area contributed by atoms with Crippen LogP contribution in [0.5, 0.6) is 0 Å². The van der Waals surface area contributed by atoms with E-state index in [-0.39, 0.29) is 11.8 Å². The molecule has 0 fully saturated rings. The van der Waals surface area contributed by atoms with Crippen LogP contribution in [0, 0.1) is 17.2 Å². The van der Waals surface area contributed by atoms with Gasteiger partial charge in [0.15, 0.2) is 0 Å². The summed E-state index contributed by atoms with van der Waals surface area (Å²) in [7, 11) is 1.73. The van der Waals surface area contributed by atoms with Crippen LogP contribution in [0.4, 0.5) is 0 Å². The fraction of sp³-hybridized carbons (Fsp3) is 0.389. The van der Waals surface area contributed by atoms with Gasteiger partial charge in [-0.2, -0.15) is 5.26 Å². The second-order valence-corrected chi connectivity index (χ2v) is 5.34. The number of aliphatic imine (C=N–C) groups is 1. The third-order valence-corrected chi connectivity index (χ3v) is 3.19. The van der Waals surface area contributed by atoms with Crippen molar-refractivity contribution in [2.24, 2.45) is 10.9 Å². The minimum Gasteiger partial charge on any atom is -0.281 e. The maximum Gasteiger partial charge on any atom is 0.133 e. The largest absolute Gasteiger partial charge is 0.281 e. The van der Waals surface area contributed by atoms with Crippen LogP contribution >= 0.6 is 0 Å². The molecule has 0 saturated heterocycles. The highest BCUT2D eigenvalue weighted by Crippen LogP contribution is 2.09. The lowest BCUT2D eigenvalue weighted by atomic mass is 10.2. The SMILES string of the molecule is C=c1/c(=C\C=C/C)nc(C(C)C)n1C(/C=C\C(C)C#N)=NC. The minimum absolute atomic E-state index is 0.162. The maximum atomic E-state index is 8.90. The summed E-state index contributed by atoms with van der Waals surface area (Å²) >= 11 is 0. The van der Waals surface area contributed by atoms with Gasteiger partial charge in [0.2, 0.25) is 0 Å². The van der Waals surface area contributed by atoms with E-state index in [0.29, 0.717) is 0 Å². The highest BCUT2D eigenvalue weighted by molar-refractivity contribution is 5.95. The van der Waals surface area contributed by atoms with Crippen molar-refractivity contribution < 1.29 is 0 Å². The summed E-state index contributed by atoms with van der Waals surface area (Å²) in [6.45, 7) is 12.1. The summed E-state index contributed by atoms with van der Waals surface area (Å²) in [6.07, 6.45) is 9.54. The first-order chi connectivity index (χ1) is 10.5. The highest BCUT2D eigenvalue weighted by Gasteiger charge is 2.13. The molecule has 0 saturated carbocycles. The molecular formula is C18H24N4. The Bertz CT molecular complexity index is 739. The van der Waals surface area contributed by atoms with Crippen LogP contribution in [0.3, 0.4) is 0 Å². The number of hydrogen-bond acceptors (Lipinski definition) is 3. The van der Waals surface area contributed by atoms with Gasteiger partial charge in [-0.1, -0.05) is 38.7 Å². The average Bonchev–Trinajstić information content (AvgIpc) is 2.83. The number of allylic oxidation sites excluding steroid dienone is 4. The normalized spacial score (nSPS) is 15.1. The average molecular weight is 296 g/mol. The van der Waals surface area contributed by atoms with Crippen molar-refractivity contribution in [2.75, 3.05) is 7.05 Å². The molecule has 0 aliphatic carbocycles. The van der Waals surface area contributed by atoms with E-state index < -0.39 is 0 Å². The number of nitrogens with zero attached hydrogens (tertiary/aromatic N) is 4. The quantitative estimate of drug-likeness (QED) is 0.632. The molecule has 0 aliphatic heterocycles. The van der Waals surface area contributed by atoms with Gasteiger partial charge in [-0.15, -0.1) is 0 Å². The zero-order valence-corrected chi connectivity index (χ0v) is 14.0. The van der Waals surface area contributed by atoms with Gasteiger partial charge in [0.25, 0.3) is 0 Å². The molecule has 0 bridgehead atoms. The van der Waals surface area contributed by atoms with Gasteiger partial charge < -0.3 is 0 Å². The van der Waals surface area contributed by atoms with E-state index in [4.69, 9.17) is 5.26 Å². The van der Waals surface area contributed by atoms with Crippen LogP contribution in [0.15, 0.2) is 29.3 Å². The predicted octanol–water partition coefficient (Wildman–Crippen LogP) is 2.37. The molecule has 1 unspecified atom stereocenters. The molecule has 0 spiro atoms. The number of hydrogen-bond donors (Lipinski definition) is 0. The highest BCUT2D eigenvalue weighted by atomic mass is 15.1. The third kappa shape index (κ3) is 4.05. The first-order valence-electron chi connectivity index (χ1n) is 7.41. The van der Waals surface area contributed by atoms with Crippen molar-refractivity contribution in [3.8, 4) is 6.07 Å². The second kappa shape index (κ2) is 8.14. The van der Waals surface area contributed by atoms with Crippen molar-refractivity contribution in [1.82, 2.24) is 9.55 Å². The molecule has 1 aromatic rings. The van der Waals surface area contributed by atoms with E-state index in [0.717, 1.165) is 22.4 Å². The van der Waals surface area contributed by atoms with Gasteiger partial charge in [-0.25, -0.2) is 4.98 Å². The third-order valence-electron chi connectivity index (χ3n) is 3.19. The Labute approximate surface area is 132 Å². The van der Waals surface area contributed by atoms with Crippen LogP contribution in [0.1, 0.15) is 39.4 Å². The van der Waals surface area contributed by atoms with E-state index in [9.17, 15) is 0 Å². The zero-order valence-electron chi connectivity index (χ0n) is 14.0. The van der Waals surface area contributed by atoms with E-state index in [1.807, 2.05) is 48.8 Å². The summed E-state index contributed by atoms with van der Waals surface area (Å²) in [5.41, 5.74) is 0. The summed E-state index contributed by atoms with van der Waals surface area (Å²) in [5, 5.41) is 10.5. The molecule has 0 aromatic carbocycles. The number of rotatable bonds is 4. The van der Waals surface area contributed by atoms with E-state index in [1.54, 1.807) is 7.05 Å². The maximum absolute atomic E-state index is 8.90. The Morgan fingerprint density at radius 2 is 2.09 bits per heavy atom. The summed E-state index contributed by atoms with van der Waals surface area (Å²) < 4.78 is 1.96. The van der Waals surface area contributed by atoms with Gasteiger partial charge in [-0.05, 0) is 26.0 Å². The van der Waals surface area contributed by atoms with E-state index in [2.05, 4.69) is 36.5 Å². The Kier molecular flexibility index (Phi) is 6.52. The molecule has 1 rings (SSSR count). The first-order valence-corrected chi connectivity index (χ1v) is 7.41. The zero-order chi connectivity index (χ0) is 16.7. The topological polar surface area (TPSA) is 54.0 Å². The number of aromatic nitrogens is 2. The Balaban J connectivity index is 3.51. The van der Waals surface area contributed by atoms with E-state index >= 15 is 0 Å². The van der Waals surface area contributed by atoms with Crippen molar-refractivity contribution in [3.63, 3.8) is 0 Å². The molecule has 22 heavy (non-hydrogen) atoms. The molecule has 0 radical (unpaired) electrons. The van der Waals surface area contributed by atoms with Crippen LogP contribution in [0.25, 0.3) is 12.7 Å². The van der Waals surface area contributed by atoms with Gasteiger partial charge >= 0.3 is 0 Å². The lowest BCUT2D eigenvalue weighted by Crippen LogP contribution is -2.32. The second-order valence-electron chi connectivity index (χ2n) is 5.34. The molecule has 0 N–H and O–H groups in total. The molecule has 116 valence electrons. The molecule has 1 heterocycles. The van der Waals surface area contributed by atoms with Crippen LogP contribution < -0.4 is 10.7 Å². The predicted molar refractivity (Wildman–Crippen MR) is 93.0 cm³/mol. The van der Waals surface area contributed by atoms with Crippen LogP contribution in [-0.4, -0.2) is 22.4 Å². The van der Waals surface area contributed by atoms with Gasteiger partial charge in [0.05, 0.1) is 22.7 Å². The summed E-state index contributed by atoms with van der Waals surface area (Å²) in [4.78, 5) is 9.01. The lowest BCUT2D eigenvalue weighted by molar-refractivity contribution is 0.760. The monoisotopic (exact) mass is 296 g/mol. The lowest BCUT2D eigenvalue weighted by Gasteiger charge is -2.10. The molecular weight excluding hydrogens is 272 g/mol. The molecule has 1 atom stereocenters. The minimum atomic E-state index is -0.162. The summed E-state index contributed by atoms with van der Waals surface area (Å²) in [5.74, 6) is 1.73. The van der Waals surface area contributed by atoms with Crippen molar-refractivity contribution >= 4 is 18.5 Å². The molecule has 4 nitrogen and oxygen atoms in total. The molecule has 0 amide bonds. The number of imidazole rings is 1. The van der Waals surface area contributed by atoms with Crippen molar-refractivity contribution in [3.05, 3.63) is 40.8 Å². The fourth-order valence-electron chi connectivity index (χ4n) is 1.98. The van der Waals surface area contributed by atoms with Crippen LogP contribution in [-0.2, 0) is 0 Å². The summed E-state index contributed by atoms with van der Waals surface area (Å²) in [6, 6.07) is 2.18. The van der Waals surface area contributed by atoms with E-state index in [1.165, 1.54) is 0 Å². The Morgan fingerprint density at radius 1 is 1.41 bits per heavy atom.